The predicted molar refractivity (Wildman–Crippen MR) is 63.1 cm³/mol. The van der Waals surface area contributed by atoms with Gasteiger partial charge in [-0.05, 0) is 13.8 Å². The second kappa shape index (κ2) is 6.27. The van der Waals surface area contributed by atoms with Crippen LogP contribution in [0.4, 0.5) is 0 Å². The number of nitrogens with one attached hydrogen (secondary N) is 1. The van der Waals surface area contributed by atoms with Gasteiger partial charge < -0.3 is 14.8 Å². The van der Waals surface area contributed by atoms with E-state index in [1.165, 1.54) is 0 Å². The molecular weight excluding hydrogens is 204 g/mol. The zero-order valence-corrected chi connectivity index (χ0v) is 10.2. The van der Waals surface area contributed by atoms with Crippen molar-refractivity contribution in [2.24, 2.45) is 0 Å². The Hall–Kier alpha value is -1.36. The summed E-state index contributed by atoms with van der Waals surface area (Å²) in [4.78, 5) is 17.3. The molecule has 90 valence electrons. The van der Waals surface area contributed by atoms with Gasteiger partial charge in [-0.2, -0.15) is 0 Å². The van der Waals surface area contributed by atoms with Crippen molar-refractivity contribution in [2.45, 2.75) is 20.4 Å². The number of hydrogen-bond donors (Lipinski definition) is 1. The Labute approximate surface area is 96.5 Å². The standard InChI is InChI=1S/C11H20N4O/c1-4-14(3)11(16)9-12-5-7-15-8-6-13-10(15)2/h6,8,12H,4-5,7,9H2,1-3H3. The van der Waals surface area contributed by atoms with Gasteiger partial charge in [-0.25, -0.2) is 4.98 Å². The number of hydrogen-bond acceptors (Lipinski definition) is 3. The lowest BCUT2D eigenvalue weighted by molar-refractivity contribution is -0.128. The molecule has 1 amide bonds. The molecule has 0 aliphatic carbocycles. The Bertz CT molecular complexity index is 334. The number of nitrogens with zero attached hydrogens (tertiary/aromatic N) is 3. The lowest BCUT2D eigenvalue weighted by Gasteiger charge is -2.14. The highest BCUT2D eigenvalue weighted by molar-refractivity contribution is 5.77. The van der Waals surface area contributed by atoms with Crippen molar-refractivity contribution in [3.8, 4) is 0 Å². The normalized spacial score (nSPS) is 10.4. The summed E-state index contributed by atoms with van der Waals surface area (Å²) >= 11 is 0. The molecule has 0 spiro atoms. The van der Waals surface area contributed by atoms with Crippen molar-refractivity contribution < 1.29 is 4.79 Å². The van der Waals surface area contributed by atoms with Crippen molar-refractivity contribution in [1.29, 1.82) is 0 Å². The average molecular weight is 224 g/mol. The first-order valence-corrected chi connectivity index (χ1v) is 5.57. The highest BCUT2D eigenvalue weighted by Crippen LogP contribution is 1.93. The van der Waals surface area contributed by atoms with Crippen molar-refractivity contribution in [1.82, 2.24) is 19.8 Å². The van der Waals surface area contributed by atoms with Crippen LogP contribution in [0.5, 0.6) is 0 Å². The number of imidazole rings is 1. The lowest BCUT2D eigenvalue weighted by Crippen LogP contribution is -2.36. The van der Waals surface area contributed by atoms with Gasteiger partial charge in [0.05, 0.1) is 6.54 Å². The summed E-state index contributed by atoms with van der Waals surface area (Å²) in [5.74, 6) is 1.13. The van der Waals surface area contributed by atoms with Crippen LogP contribution < -0.4 is 5.32 Å². The summed E-state index contributed by atoms with van der Waals surface area (Å²) < 4.78 is 2.06. The SMILES string of the molecule is CCN(C)C(=O)CNCCn1ccnc1C. The van der Waals surface area contributed by atoms with Gasteiger partial charge in [0, 0.05) is 39.1 Å². The van der Waals surface area contributed by atoms with E-state index in [2.05, 4.69) is 14.9 Å². The van der Waals surface area contributed by atoms with Crippen LogP contribution in [-0.4, -0.2) is 47.0 Å². The third-order valence-electron chi connectivity index (χ3n) is 2.63. The molecular formula is C11H20N4O. The van der Waals surface area contributed by atoms with Crippen LogP contribution in [0.1, 0.15) is 12.7 Å². The summed E-state index contributed by atoms with van der Waals surface area (Å²) in [5, 5.41) is 3.13. The van der Waals surface area contributed by atoms with Gasteiger partial charge in [0.1, 0.15) is 5.82 Å². The molecule has 1 aromatic rings. The minimum atomic E-state index is 0.129. The van der Waals surface area contributed by atoms with E-state index in [9.17, 15) is 4.79 Å². The Kier molecular flexibility index (Phi) is 4.98. The highest BCUT2D eigenvalue weighted by atomic mass is 16.2. The number of rotatable bonds is 6. The van der Waals surface area contributed by atoms with Crippen LogP contribution >= 0.6 is 0 Å². The molecule has 1 rings (SSSR count). The first-order chi connectivity index (χ1) is 7.65. The Morgan fingerprint density at radius 2 is 2.38 bits per heavy atom. The van der Waals surface area contributed by atoms with E-state index < -0.39 is 0 Å². The van der Waals surface area contributed by atoms with Crippen LogP contribution in [-0.2, 0) is 11.3 Å². The third kappa shape index (κ3) is 3.66. The minimum absolute atomic E-state index is 0.129. The first kappa shape index (κ1) is 12.7. The summed E-state index contributed by atoms with van der Waals surface area (Å²) in [6.07, 6.45) is 3.72. The average Bonchev–Trinajstić information content (AvgIpc) is 2.69. The molecule has 1 heterocycles. The second-order valence-corrected chi connectivity index (χ2v) is 3.75. The van der Waals surface area contributed by atoms with E-state index in [4.69, 9.17) is 0 Å². The molecule has 5 nitrogen and oxygen atoms in total. The molecule has 0 aliphatic heterocycles. The Balaban J connectivity index is 2.17. The minimum Gasteiger partial charge on any atom is -0.345 e. The number of carbonyl (C=O) groups excluding carboxylic acids is 1. The van der Waals surface area contributed by atoms with E-state index in [1.807, 2.05) is 27.1 Å². The molecule has 0 bridgehead atoms. The van der Waals surface area contributed by atoms with E-state index in [-0.39, 0.29) is 5.91 Å². The molecule has 0 aromatic carbocycles. The number of likely N-dealkylation sites (N-methyl/N-ethyl adjacent to an activating group) is 1. The molecule has 0 unspecified atom stereocenters. The van der Waals surface area contributed by atoms with E-state index in [0.29, 0.717) is 6.54 Å². The smallest absolute Gasteiger partial charge is 0.236 e. The van der Waals surface area contributed by atoms with Gasteiger partial charge in [-0.1, -0.05) is 0 Å². The summed E-state index contributed by atoms with van der Waals surface area (Å²) in [5.41, 5.74) is 0. The van der Waals surface area contributed by atoms with Crippen molar-refractivity contribution in [3.05, 3.63) is 18.2 Å². The van der Waals surface area contributed by atoms with Gasteiger partial charge in [0.25, 0.3) is 0 Å². The summed E-state index contributed by atoms with van der Waals surface area (Å²) in [7, 11) is 1.81. The fourth-order valence-corrected chi connectivity index (χ4v) is 1.35. The molecule has 0 saturated carbocycles. The van der Waals surface area contributed by atoms with Gasteiger partial charge >= 0.3 is 0 Å². The van der Waals surface area contributed by atoms with E-state index in [0.717, 1.165) is 25.5 Å². The maximum atomic E-state index is 11.4. The van der Waals surface area contributed by atoms with Gasteiger partial charge in [-0.15, -0.1) is 0 Å². The molecule has 1 aromatic heterocycles. The highest BCUT2D eigenvalue weighted by Gasteiger charge is 2.04. The number of aromatic nitrogens is 2. The molecule has 0 saturated heterocycles. The fourth-order valence-electron chi connectivity index (χ4n) is 1.35. The van der Waals surface area contributed by atoms with Gasteiger partial charge in [0.15, 0.2) is 0 Å². The first-order valence-electron chi connectivity index (χ1n) is 5.57. The van der Waals surface area contributed by atoms with Crippen LogP contribution in [0.3, 0.4) is 0 Å². The lowest BCUT2D eigenvalue weighted by atomic mass is 10.4. The Morgan fingerprint density at radius 1 is 1.62 bits per heavy atom. The molecule has 5 heteroatoms. The number of carbonyl (C=O) groups is 1. The molecule has 0 radical (unpaired) electrons. The van der Waals surface area contributed by atoms with Crippen molar-refractivity contribution >= 4 is 5.91 Å². The van der Waals surface area contributed by atoms with Crippen molar-refractivity contribution in [2.75, 3.05) is 26.7 Å². The van der Waals surface area contributed by atoms with E-state index >= 15 is 0 Å². The topological polar surface area (TPSA) is 50.2 Å². The van der Waals surface area contributed by atoms with E-state index in [1.54, 1.807) is 11.1 Å². The zero-order valence-electron chi connectivity index (χ0n) is 10.2. The molecule has 1 N–H and O–H groups in total. The fraction of sp³-hybridized carbons (Fsp3) is 0.636. The predicted octanol–water partition coefficient (Wildman–Crippen LogP) is 0.259. The van der Waals surface area contributed by atoms with Gasteiger partial charge in [0.2, 0.25) is 5.91 Å². The maximum Gasteiger partial charge on any atom is 0.236 e. The number of aryl methyl sites for hydroxylation is 1. The van der Waals surface area contributed by atoms with Crippen LogP contribution in [0.15, 0.2) is 12.4 Å². The van der Waals surface area contributed by atoms with Crippen LogP contribution in [0, 0.1) is 6.92 Å². The number of amides is 1. The van der Waals surface area contributed by atoms with Crippen molar-refractivity contribution in [3.63, 3.8) is 0 Å². The molecule has 16 heavy (non-hydrogen) atoms. The summed E-state index contributed by atoms with van der Waals surface area (Å²) in [6, 6.07) is 0. The Morgan fingerprint density at radius 3 is 2.94 bits per heavy atom. The summed E-state index contributed by atoms with van der Waals surface area (Å²) in [6.45, 7) is 6.71. The van der Waals surface area contributed by atoms with Crippen LogP contribution in [0.2, 0.25) is 0 Å². The quantitative estimate of drug-likeness (QED) is 0.705. The zero-order chi connectivity index (χ0) is 12.0. The largest absolute Gasteiger partial charge is 0.345 e. The molecule has 0 atom stereocenters. The second-order valence-electron chi connectivity index (χ2n) is 3.75. The third-order valence-corrected chi connectivity index (χ3v) is 2.63. The molecule has 0 fully saturated rings. The molecule has 0 aliphatic rings. The van der Waals surface area contributed by atoms with Crippen LogP contribution in [0.25, 0.3) is 0 Å². The maximum absolute atomic E-state index is 11.4. The monoisotopic (exact) mass is 224 g/mol. The van der Waals surface area contributed by atoms with Gasteiger partial charge in [-0.3, -0.25) is 4.79 Å².